The summed E-state index contributed by atoms with van der Waals surface area (Å²) in [5.41, 5.74) is 5.07. The van der Waals surface area contributed by atoms with Crippen LogP contribution in [0, 0.1) is 0 Å². The third-order valence-electron chi connectivity index (χ3n) is 5.23. The monoisotopic (exact) mass is 408 g/mol. The molecule has 4 heteroatoms. The van der Waals surface area contributed by atoms with Crippen LogP contribution in [0.1, 0.15) is 34.0 Å². The lowest BCUT2D eigenvalue weighted by molar-refractivity contribution is 0.0101. The Morgan fingerprint density at radius 2 is 1.43 bits per heavy atom. The number of hydrogen-bond acceptors (Lipinski definition) is 2. The topological polar surface area (TPSA) is 26.3 Å². The zero-order valence-electron chi connectivity index (χ0n) is 16.3. The molecule has 0 fully saturated rings. The van der Waals surface area contributed by atoms with Gasteiger partial charge in [0.2, 0.25) is 0 Å². The first-order chi connectivity index (χ1) is 13.5. The molecule has 0 amide bonds. The molecule has 0 N–H and O–H groups in total. The molecule has 2 nitrogen and oxygen atoms in total. The number of ketones is 1. The Hall–Kier alpha value is -1.85. The highest BCUT2D eigenvalue weighted by molar-refractivity contribution is 7.15. The molecule has 0 saturated heterocycles. The maximum Gasteiger partial charge on any atom is 0.198 e. The number of rotatable bonds is 7. The summed E-state index contributed by atoms with van der Waals surface area (Å²) in [6, 6.07) is 24.2. The van der Waals surface area contributed by atoms with E-state index in [2.05, 4.69) is 42.7 Å². The van der Waals surface area contributed by atoms with Gasteiger partial charge in [0.1, 0.15) is 0 Å². The highest BCUT2D eigenvalue weighted by Gasteiger charge is 2.36. The molecule has 3 unspecified atom stereocenters. The summed E-state index contributed by atoms with van der Waals surface area (Å²) in [5.74, 6) is -0.0444. The van der Waals surface area contributed by atoms with Crippen LogP contribution < -0.4 is 0 Å². The van der Waals surface area contributed by atoms with E-state index in [0.29, 0.717) is 5.56 Å². The Kier molecular flexibility index (Phi) is 6.78. The highest BCUT2D eigenvalue weighted by Crippen LogP contribution is 2.31. The van der Waals surface area contributed by atoms with Gasteiger partial charge in [-0.15, -0.1) is 18.5 Å². The van der Waals surface area contributed by atoms with Crippen molar-refractivity contribution in [2.45, 2.75) is 24.8 Å². The summed E-state index contributed by atoms with van der Waals surface area (Å²) >= 11 is 0. The van der Waals surface area contributed by atoms with Crippen molar-refractivity contribution in [3.63, 3.8) is 0 Å². The first kappa shape index (κ1) is 20.9. The van der Waals surface area contributed by atoms with Gasteiger partial charge in [-0.2, -0.15) is 0 Å². The second-order valence-electron chi connectivity index (χ2n) is 6.95. The van der Waals surface area contributed by atoms with E-state index in [1.165, 1.54) is 11.1 Å². The average molecular weight is 408 g/mol. The normalized spacial score (nSPS) is 13.1. The van der Waals surface area contributed by atoms with E-state index in [1.807, 2.05) is 55.5 Å². The van der Waals surface area contributed by atoms with E-state index in [-0.39, 0.29) is 5.78 Å². The number of Topliss-reactive ketones (excluding diaryl/α,β-unsaturated/α-hetero) is 1. The van der Waals surface area contributed by atoms with Crippen LogP contribution in [0.5, 0.6) is 0 Å². The number of carbonyl (C=O) groups excluding carboxylic acids is 1. The lowest BCUT2D eigenvalue weighted by Crippen LogP contribution is -2.34. The van der Waals surface area contributed by atoms with Crippen LogP contribution in [0.2, 0.25) is 0 Å². The molecule has 0 heterocycles. The summed E-state index contributed by atoms with van der Waals surface area (Å²) in [5, 5.41) is 0. The lowest BCUT2D eigenvalue weighted by Gasteiger charge is -2.27. The number of methoxy groups -OCH3 is 1. The van der Waals surface area contributed by atoms with Crippen molar-refractivity contribution in [2.24, 2.45) is 0 Å². The van der Waals surface area contributed by atoms with Crippen molar-refractivity contribution in [3.8, 4) is 11.1 Å². The fraction of sp³-hybridized carbons (Fsp3) is 0.208. The molecule has 0 aliphatic carbocycles. The maximum absolute atomic E-state index is 13.4. The van der Waals surface area contributed by atoms with Gasteiger partial charge in [0.25, 0.3) is 0 Å². The summed E-state index contributed by atoms with van der Waals surface area (Å²) in [6.45, 7) is 1.84. The van der Waals surface area contributed by atoms with Crippen molar-refractivity contribution in [2.75, 3.05) is 7.11 Å². The molecule has 0 aromatic heterocycles. The maximum atomic E-state index is 13.4. The molecule has 0 saturated carbocycles. The number of benzene rings is 3. The van der Waals surface area contributed by atoms with Crippen LogP contribution in [0.25, 0.3) is 11.1 Å². The Bertz CT molecular complexity index is 949. The molecule has 0 bridgehead atoms. The molecule has 0 radical (unpaired) electrons. The van der Waals surface area contributed by atoms with Gasteiger partial charge in [-0.25, -0.2) is 0 Å². The minimum Gasteiger partial charge on any atom is -0.366 e. The summed E-state index contributed by atoms with van der Waals surface area (Å²) in [6.07, 6.45) is 1.82. The van der Waals surface area contributed by atoms with Gasteiger partial charge >= 0.3 is 0 Å². The molecular weight excluding hydrogens is 382 g/mol. The second kappa shape index (κ2) is 9.10. The van der Waals surface area contributed by atoms with Crippen LogP contribution in [-0.2, 0) is 22.7 Å². The lowest BCUT2D eigenvalue weighted by atomic mass is 9.86. The van der Waals surface area contributed by atoms with Gasteiger partial charge in [0.15, 0.2) is 11.4 Å². The predicted octanol–water partition coefficient (Wildman–Crippen LogP) is 5.85. The molecule has 3 atom stereocenters. The van der Waals surface area contributed by atoms with Crippen molar-refractivity contribution in [1.82, 2.24) is 0 Å². The van der Waals surface area contributed by atoms with Gasteiger partial charge in [0.05, 0.1) is 0 Å². The second-order valence-corrected chi connectivity index (χ2v) is 7.77. The molecule has 0 aliphatic heterocycles. The summed E-state index contributed by atoms with van der Waals surface area (Å²) < 4.78 is 5.73. The van der Waals surface area contributed by atoms with Crippen LogP contribution in [0.3, 0.4) is 0 Å². The third-order valence-corrected chi connectivity index (χ3v) is 6.17. The average Bonchev–Trinajstić information content (AvgIpc) is 2.78. The fourth-order valence-corrected chi connectivity index (χ4v) is 3.79. The number of hydrogen-bond donors (Lipinski definition) is 0. The largest absolute Gasteiger partial charge is 0.366 e. The molecule has 0 aliphatic rings. The number of ether oxygens (including phenoxy) is 1. The van der Waals surface area contributed by atoms with Crippen molar-refractivity contribution in [3.05, 3.63) is 95.1 Å². The van der Waals surface area contributed by atoms with E-state index in [0.717, 1.165) is 29.0 Å². The van der Waals surface area contributed by atoms with Crippen LogP contribution >= 0.6 is 18.5 Å². The Morgan fingerprint density at radius 3 is 1.96 bits per heavy atom. The minimum absolute atomic E-state index is 0.0444. The molecule has 3 rings (SSSR count). The Balaban J connectivity index is 1.95. The zero-order chi connectivity index (χ0) is 20.1. The van der Waals surface area contributed by atoms with Crippen LogP contribution in [-0.4, -0.2) is 12.9 Å². The van der Waals surface area contributed by atoms with E-state index in [9.17, 15) is 4.79 Å². The van der Waals surface area contributed by atoms with E-state index >= 15 is 0 Å². The third kappa shape index (κ3) is 4.26. The SMILES string of the molecule is COC(C)(C(=O)c1cccc(-c2ccc(CP)cc2)c1)c1ccc(CP)cc1. The van der Waals surface area contributed by atoms with E-state index in [1.54, 1.807) is 7.11 Å². The molecule has 3 aromatic rings. The van der Waals surface area contributed by atoms with E-state index in [4.69, 9.17) is 4.74 Å². The van der Waals surface area contributed by atoms with Gasteiger partial charge in [-0.3, -0.25) is 4.79 Å². The number of carbonyl (C=O) groups is 1. The molecule has 0 spiro atoms. The standard InChI is InChI=1S/C24H26O2P2/c1-24(26-2,22-12-8-18(16-28)9-13-22)23(25)21-5-3-4-20(14-21)19-10-6-17(15-27)7-11-19/h3-14H,15-16,27-28H2,1-2H3. The van der Waals surface area contributed by atoms with E-state index < -0.39 is 5.60 Å². The first-order valence-electron chi connectivity index (χ1n) is 9.30. The predicted molar refractivity (Wildman–Crippen MR) is 124 cm³/mol. The molecular formula is C24H26O2P2. The van der Waals surface area contributed by atoms with Crippen molar-refractivity contribution < 1.29 is 9.53 Å². The van der Waals surface area contributed by atoms with Gasteiger partial charge in [-0.1, -0.05) is 66.7 Å². The van der Waals surface area contributed by atoms with Gasteiger partial charge in [0, 0.05) is 12.7 Å². The quantitative estimate of drug-likeness (QED) is 0.362. The fourth-order valence-electron chi connectivity index (χ4n) is 3.25. The first-order valence-corrected chi connectivity index (χ1v) is 10.9. The highest BCUT2D eigenvalue weighted by atomic mass is 31.0. The molecule has 3 aromatic carbocycles. The van der Waals surface area contributed by atoms with Crippen LogP contribution in [0.15, 0.2) is 72.8 Å². The van der Waals surface area contributed by atoms with Crippen LogP contribution in [0.4, 0.5) is 0 Å². The molecule has 28 heavy (non-hydrogen) atoms. The summed E-state index contributed by atoms with van der Waals surface area (Å²) in [7, 11) is 7.04. The Morgan fingerprint density at radius 1 is 0.857 bits per heavy atom. The smallest absolute Gasteiger partial charge is 0.198 e. The molecule has 144 valence electrons. The van der Waals surface area contributed by atoms with Crippen molar-refractivity contribution >= 4 is 24.3 Å². The minimum atomic E-state index is -1.03. The zero-order valence-corrected chi connectivity index (χ0v) is 18.6. The Labute approximate surface area is 172 Å². The van der Waals surface area contributed by atoms with Gasteiger partial charge in [-0.05, 0) is 53.1 Å². The van der Waals surface area contributed by atoms with Gasteiger partial charge < -0.3 is 4.74 Å². The summed E-state index contributed by atoms with van der Waals surface area (Å²) in [4.78, 5) is 13.4. The van der Waals surface area contributed by atoms with Crippen molar-refractivity contribution in [1.29, 1.82) is 0 Å².